The highest BCUT2D eigenvalue weighted by Gasteiger charge is 2.27. The Balaban J connectivity index is 1.50. The Bertz CT molecular complexity index is 2270. The number of benzene rings is 5. The van der Waals surface area contributed by atoms with Crippen molar-refractivity contribution in [3.8, 4) is 50.2 Å². The van der Waals surface area contributed by atoms with E-state index in [-0.39, 0.29) is 0 Å². The summed E-state index contributed by atoms with van der Waals surface area (Å²) in [5.41, 5.74) is 14.7. The summed E-state index contributed by atoms with van der Waals surface area (Å²) in [6.45, 7) is 0. The molecule has 8 aromatic rings. The molecule has 0 saturated carbocycles. The molecule has 1 aliphatic carbocycles. The Morgan fingerprint density at radius 1 is 0.415 bits per heavy atom. The molecule has 0 amide bonds. The van der Waals surface area contributed by atoms with E-state index < -0.39 is 0 Å². The number of hydrogen-bond acceptors (Lipinski definition) is 2. The van der Waals surface area contributed by atoms with Crippen LogP contribution < -0.4 is 0 Å². The van der Waals surface area contributed by atoms with E-state index in [1.807, 2.05) is 24.5 Å². The molecular formula is C38H23N3. The van der Waals surface area contributed by atoms with Crippen LogP contribution in [0.1, 0.15) is 0 Å². The van der Waals surface area contributed by atoms with Crippen LogP contribution in [0.4, 0.5) is 0 Å². The Labute approximate surface area is 237 Å². The van der Waals surface area contributed by atoms with E-state index in [0.29, 0.717) is 0 Å². The number of fused-ring (bicyclic) bond motifs is 13. The summed E-state index contributed by atoms with van der Waals surface area (Å²) in [7, 11) is 0. The maximum atomic E-state index is 4.88. The first-order chi connectivity index (χ1) is 20.4. The predicted molar refractivity (Wildman–Crippen MR) is 169 cm³/mol. The second kappa shape index (κ2) is 8.48. The molecule has 0 atom stereocenters. The molecule has 0 bridgehead atoms. The smallest absolute Gasteiger partial charge is 0.0971 e. The SMILES string of the molecule is c1ccc2c(c1)-c1cccc(-n3c4ccccc4c4ccccc43)c1-c1ccccc1-c1c-2cnc2cccnc12. The molecule has 0 radical (unpaired) electrons. The van der Waals surface area contributed by atoms with E-state index in [4.69, 9.17) is 9.97 Å². The molecular weight excluding hydrogens is 498 g/mol. The third-order valence-corrected chi connectivity index (χ3v) is 8.46. The molecule has 0 unspecified atom stereocenters. The van der Waals surface area contributed by atoms with Gasteiger partial charge in [-0.25, -0.2) is 0 Å². The van der Waals surface area contributed by atoms with Gasteiger partial charge in [0.2, 0.25) is 0 Å². The zero-order valence-corrected chi connectivity index (χ0v) is 22.1. The highest BCUT2D eigenvalue weighted by molar-refractivity contribution is 6.13. The third kappa shape index (κ3) is 3.09. The van der Waals surface area contributed by atoms with Crippen LogP contribution in [0.25, 0.3) is 83.0 Å². The molecule has 190 valence electrons. The first-order valence-electron chi connectivity index (χ1n) is 13.9. The van der Waals surface area contributed by atoms with Crippen LogP contribution in [0.5, 0.6) is 0 Å². The summed E-state index contributed by atoms with van der Waals surface area (Å²) in [6, 6.07) is 45.7. The van der Waals surface area contributed by atoms with Crippen molar-refractivity contribution in [3.63, 3.8) is 0 Å². The van der Waals surface area contributed by atoms with Gasteiger partial charge >= 0.3 is 0 Å². The van der Waals surface area contributed by atoms with Crippen molar-refractivity contribution >= 4 is 32.8 Å². The van der Waals surface area contributed by atoms with E-state index in [1.165, 1.54) is 44.1 Å². The van der Waals surface area contributed by atoms with Crippen LogP contribution in [0.3, 0.4) is 0 Å². The molecule has 9 rings (SSSR count). The van der Waals surface area contributed by atoms with Crippen LogP contribution in [0.2, 0.25) is 0 Å². The topological polar surface area (TPSA) is 30.7 Å². The van der Waals surface area contributed by atoms with E-state index in [0.717, 1.165) is 39.0 Å². The highest BCUT2D eigenvalue weighted by Crippen LogP contribution is 2.51. The lowest BCUT2D eigenvalue weighted by Crippen LogP contribution is -2.03. The molecule has 3 heterocycles. The molecule has 3 nitrogen and oxygen atoms in total. The molecule has 3 heteroatoms. The zero-order valence-electron chi connectivity index (χ0n) is 22.1. The zero-order chi connectivity index (χ0) is 26.9. The normalized spacial score (nSPS) is 11.9. The summed E-state index contributed by atoms with van der Waals surface area (Å²) >= 11 is 0. The Kier molecular flexibility index (Phi) is 4.61. The van der Waals surface area contributed by atoms with Crippen LogP contribution >= 0.6 is 0 Å². The van der Waals surface area contributed by atoms with Gasteiger partial charge in [0.25, 0.3) is 0 Å². The maximum absolute atomic E-state index is 4.88. The molecule has 3 aromatic heterocycles. The van der Waals surface area contributed by atoms with Crippen molar-refractivity contribution in [3.05, 3.63) is 140 Å². The van der Waals surface area contributed by atoms with Crippen molar-refractivity contribution in [1.29, 1.82) is 0 Å². The van der Waals surface area contributed by atoms with Gasteiger partial charge in [0.15, 0.2) is 0 Å². The summed E-state index contributed by atoms with van der Waals surface area (Å²) in [6.07, 6.45) is 3.89. The van der Waals surface area contributed by atoms with Crippen LogP contribution in [-0.2, 0) is 0 Å². The summed E-state index contributed by atoms with van der Waals surface area (Å²) in [5, 5.41) is 2.51. The minimum Gasteiger partial charge on any atom is -0.309 e. The van der Waals surface area contributed by atoms with Crippen molar-refractivity contribution < 1.29 is 0 Å². The maximum Gasteiger partial charge on any atom is 0.0971 e. The Hall–Kier alpha value is -5.54. The fourth-order valence-corrected chi connectivity index (χ4v) is 6.78. The van der Waals surface area contributed by atoms with Crippen LogP contribution in [0.15, 0.2) is 140 Å². The lowest BCUT2D eigenvalue weighted by Gasteiger charge is -2.26. The van der Waals surface area contributed by atoms with Gasteiger partial charge in [-0.15, -0.1) is 0 Å². The van der Waals surface area contributed by atoms with Gasteiger partial charge in [-0.3, -0.25) is 9.97 Å². The Morgan fingerprint density at radius 2 is 1.00 bits per heavy atom. The van der Waals surface area contributed by atoms with Crippen LogP contribution in [0, 0.1) is 0 Å². The quantitative estimate of drug-likeness (QED) is 0.215. The lowest BCUT2D eigenvalue weighted by atomic mass is 9.80. The number of nitrogens with zero attached hydrogens (tertiary/aromatic N) is 3. The summed E-state index contributed by atoms with van der Waals surface area (Å²) < 4.78 is 2.44. The van der Waals surface area contributed by atoms with Gasteiger partial charge in [-0.2, -0.15) is 0 Å². The fourth-order valence-electron chi connectivity index (χ4n) is 6.78. The average Bonchev–Trinajstić information content (AvgIpc) is 3.37. The number of para-hydroxylation sites is 2. The summed E-state index contributed by atoms with van der Waals surface area (Å²) in [5.74, 6) is 0. The molecule has 1 aliphatic rings. The van der Waals surface area contributed by atoms with Crippen molar-refractivity contribution in [1.82, 2.24) is 14.5 Å². The van der Waals surface area contributed by atoms with Gasteiger partial charge in [0.1, 0.15) is 0 Å². The monoisotopic (exact) mass is 521 g/mol. The minimum atomic E-state index is 0.898. The molecule has 41 heavy (non-hydrogen) atoms. The number of hydrogen-bond donors (Lipinski definition) is 0. The van der Waals surface area contributed by atoms with Gasteiger partial charge in [0.05, 0.1) is 27.8 Å². The molecule has 0 saturated heterocycles. The van der Waals surface area contributed by atoms with Crippen molar-refractivity contribution in [2.75, 3.05) is 0 Å². The summed E-state index contributed by atoms with van der Waals surface area (Å²) in [4.78, 5) is 9.74. The minimum absolute atomic E-state index is 0.898. The van der Waals surface area contributed by atoms with Crippen LogP contribution in [-0.4, -0.2) is 14.5 Å². The van der Waals surface area contributed by atoms with Gasteiger partial charge < -0.3 is 4.57 Å². The van der Waals surface area contributed by atoms with E-state index >= 15 is 0 Å². The first kappa shape index (κ1) is 22.3. The van der Waals surface area contributed by atoms with E-state index in [9.17, 15) is 0 Å². The molecule has 0 N–H and O–H groups in total. The largest absolute Gasteiger partial charge is 0.309 e. The van der Waals surface area contributed by atoms with Crippen molar-refractivity contribution in [2.45, 2.75) is 0 Å². The number of rotatable bonds is 1. The molecule has 5 aromatic carbocycles. The standard InChI is InChI=1S/C38H23N3/c1-2-12-25-24(11-1)28-17-9-21-35(41-33-19-7-5-13-26(33)27-14-6-8-20-34(27)41)36(28)29-15-3-4-16-30(29)37-31(25)23-40-32-18-10-22-39-38(32)37/h1-23H. The molecule has 0 fully saturated rings. The average molecular weight is 522 g/mol. The van der Waals surface area contributed by atoms with E-state index in [1.54, 1.807) is 0 Å². The van der Waals surface area contributed by atoms with Gasteiger partial charge in [-0.05, 0) is 58.1 Å². The predicted octanol–water partition coefficient (Wildman–Crippen LogP) is 9.71. The third-order valence-electron chi connectivity index (χ3n) is 8.46. The Morgan fingerprint density at radius 3 is 1.73 bits per heavy atom. The van der Waals surface area contributed by atoms with Gasteiger partial charge in [-0.1, -0.05) is 97.1 Å². The first-order valence-corrected chi connectivity index (χ1v) is 13.9. The second-order valence-corrected chi connectivity index (χ2v) is 10.6. The highest BCUT2D eigenvalue weighted by atomic mass is 15.0. The molecule has 0 spiro atoms. The van der Waals surface area contributed by atoms with Gasteiger partial charge in [0, 0.05) is 39.9 Å². The number of aromatic nitrogens is 3. The van der Waals surface area contributed by atoms with E-state index in [2.05, 4.69) is 120 Å². The lowest BCUT2D eigenvalue weighted by molar-refractivity contribution is 1.18. The number of pyridine rings is 2. The second-order valence-electron chi connectivity index (χ2n) is 10.6. The van der Waals surface area contributed by atoms with Crippen molar-refractivity contribution in [2.24, 2.45) is 0 Å². The fraction of sp³-hybridized carbons (Fsp3) is 0. The molecule has 0 aliphatic heterocycles.